The highest BCUT2D eigenvalue weighted by atomic mass is 16.8. The molecule has 3 rings (SSSR count). The molecule has 0 aromatic heterocycles. The summed E-state index contributed by atoms with van der Waals surface area (Å²) in [6, 6.07) is -0.886. The van der Waals surface area contributed by atoms with Crippen molar-refractivity contribution < 1.29 is 89.4 Å². The molecule has 0 aromatic carbocycles. The Labute approximate surface area is 645 Å². The second kappa shape index (κ2) is 67.7. The maximum atomic E-state index is 13.5. The number of allylic oxidation sites excluding steroid dienone is 4. The molecule has 0 aliphatic carbocycles. The number of unbranched alkanes of at least 4 members (excludes halogenated alkanes) is 53. The van der Waals surface area contributed by atoms with Crippen molar-refractivity contribution in [2.24, 2.45) is 0 Å². The molecule has 0 radical (unpaired) electrons. The third-order valence-electron chi connectivity index (χ3n) is 22.5. The summed E-state index contributed by atoms with van der Waals surface area (Å²) in [5, 5.41) is 121. The molecule has 17 unspecified atom stereocenters. The third kappa shape index (κ3) is 46.4. The Morgan fingerprint density at radius 3 is 0.962 bits per heavy atom. The average molecular weight is 1510 g/mol. The van der Waals surface area contributed by atoms with Gasteiger partial charge in [-0.25, -0.2) is 0 Å². The molecule has 12 N–H and O–H groups in total. The number of hydrogen-bond acceptors (Lipinski definition) is 18. The molecule has 1 amide bonds. The minimum Gasteiger partial charge on any atom is -0.394 e. The summed E-state index contributed by atoms with van der Waals surface area (Å²) in [6.07, 6.45) is 57.2. The van der Waals surface area contributed by atoms with Gasteiger partial charge in [-0.3, -0.25) is 4.79 Å². The standard InChI is InChI=1S/C87H165NO18/c1-3-5-7-9-11-13-15-17-19-21-23-25-27-28-29-30-31-32-33-34-35-36-37-38-39-40-41-42-43-45-47-49-51-53-55-57-59-61-63-65-75(93)88-70(71(92)64-62-60-58-56-54-52-50-48-46-44-26-24-22-20-18-16-14-12-10-8-6-4-2)69-101-85-81(99)78(96)83(73(67-90)103-85)106-87-82(100)79(97)84(74(68-91)104-87)105-86-80(98)77(95)76(94)72(66-89)102-86/h15,17,21,23,70-74,76-87,89-92,94-100H,3-14,16,18-20,22,24-69H2,1-2H3,(H,88,93)/b17-15-,23-21-. The first-order valence-electron chi connectivity index (χ1n) is 44.6. The van der Waals surface area contributed by atoms with Gasteiger partial charge in [-0.2, -0.15) is 0 Å². The molecule has 17 atom stereocenters. The van der Waals surface area contributed by atoms with Crippen LogP contribution in [0.15, 0.2) is 24.3 Å². The monoisotopic (exact) mass is 1510 g/mol. The van der Waals surface area contributed by atoms with Crippen molar-refractivity contribution in [3.8, 4) is 0 Å². The Balaban J connectivity index is 1.29. The van der Waals surface area contributed by atoms with E-state index in [9.17, 15) is 61.0 Å². The van der Waals surface area contributed by atoms with Crippen LogP contribution in [-0.2, 0) is 33.2 Å². The van der Waals surface area contributed by atoms with Crippen LogP contribution in [0.4, 0.5) is 0 Å². The van der Waals surface area contributed by atoms with Crippen molar-refractivity contribution in [2.75, 3.05) is 26.4 Å². The van der Waals surface area contributed by atoms with Crippen LogP contribution in [0.25, 0.3) is 0 Å². The lowest BCUT2D eigenvalue weighted by Crippen LogP contribution is -2.66. The van der Waals surface area contributed by atoms with Crippen molar-refractivity contribution in [1.29, 1.82) is 0 Å². The summed E-state index contributed by atoms with van der Waals surface area (Å²) in [5.74, 6) is -0.233. The van der Waals surface area contributed by atoms with E-state index in [1.165, 1.54) is 308 Å². The predicted octanol–water partition coefficient (Wildman–Crippen LogP) is 16.5. The van der Waals surface area contributed by atoms with Crippen molar-refractivity contribution in [1.82, 2.24) is 5.32 Å². The van der Waals surface area contributed by atoms with Crippen molar-refractivity contribution in [3.63, 3.8) is 0 Å². The van der Waals surface area contributed by atoms with Crippen LogP contribution in [0.3, 0.4) is 0 Å². The summed E-state index contributed by atoms with van der Waals surface area (Å²) in [4.78, 5) is 13.5. The molecule has 106 heavy (non-hydrogen) atoms. The van der Waals surface area contributed by atoms with Gasteiger partial charge < -0.3 is 89.9 Å². The van der Waals surface area contributed by atoms with Crippen LogP contribution in [0.1, 0.15) is 393 Å². The molecule has 3 saturated heterocycles. The summed E-state index contributed by atoms with van der Waals surface area (Å²) in [6.45, 7) is 1.86. The zero-order valence-electron chi connectivity index (χ0n) is 67.4. The largest absolute Gasteiger partial charge is 0.394 e. The van der Waals surface area contributed by atoms with Gasteiger partial charge in [0.05, 0.1) is 38.6 Å². The second-order valence-electron chi connectivity index (χ2n) is 32.1. The van der Waals surface area contributed by atoms with E-state index in [0.29, 0.717) is 12.8 Å². The Bertz CT molecular complexity index is 2000. The minimum atomic E-state index is -1.97. The van der Waals surface area contributed by atoms with Gasteiger partial charge in [0.2, 0.25) is 5.91 Å². The predicted molar refractivity (Wildman–Crippen MR) is 425 cm³/mol. The van der Waals surface area contributed by atoms with Crippen molar-refractivity contribution in [3.05, 3.63) is 24.3 Å². The third-order valence-corrected chi connectivity index (χ3v) is 22.5. The minimum absolute atomic E-state index is 0.233. The van der Waals surface area contributed by atoms with E-state index in [4.69, 9.17) is 28.4 Å². The average Bonchev–Trinajstić information content (AvgIpc) is 0.780. The second-order valence-corrected chi connectivity index (χ2v) is 32.1. The normalized spacial score (nSPS) is 25.7. The number of carbonyl (C=O) groups excluding carboxylic acids is 1. The van der Waals surface area contributed by atoms with Gasteiger partial charge in [0.1, 0.15) is 73.2 Å². The number of amides is 1. The molecule has 3 fully saturated rings. The lowest BCUT2D eigenvalue weighted by Gasteiger charge is -2.48. The number of aliphatic hydroxyl groups excluding tert-OH is 11. The van der Waals surface area contributed by atoms with Gasteiger partial charge in [-0.05, 0) is 44.9 Å². The smallest absolute Gasteiger partial charge is 0.220 e. The van der Waals surface area contributed by atoms with E-state index in [2.05, 4.69) is 43.5 Å². The van der Waals surface area contributed by atoms with Crippen LogP contribution >= 0.6 is 0 Å². The Hall–Kier alpha value is -1.73. The number of nitrogens with one attached hydrogen (secondary N) is 1. The summed E-state index contributed by atoms with van der Waals surface area (Å²) >= 11 is 0. The molecule has 3 heterocycles. The topological polar surface area (TPSA) is 307 Å². The van der Waals surface area contributed by atoms with Gasteiger partial charge >= 0.3 is 0 Å². The molecule has 626 valence electrons. The molecular formula is C87H165NO18. The van der Waals surface area contributed by atoms with E-state index in [0.717, 1.165) is 51.4 Å². The number of aliphatic hydroxyl groups is 11. The van der Waals surface area contributed by atoms with Crippen LogP contribution < -0.4 is 5.32 Å². The van der Waals surface area contributed by atoms with Crippen LogP contribution in [0.5, 0.6) is 0 Å². The maximum Gasteiger partial charge on any atom is 0.220 e. The van der Waals surface area contributed by atoms with E-state index in [1.807, 2.05) is 0 Å². The first-order chi connectivity index (χ1) is 51.8. The van der Waals surface area contributed by atoms with Crippen LogP contribution in [0, 0.1) is 0 Å². The SMILES string of the molecule is CCCCCCC/C=C\C/C=C\CCCCCCCCCCCCCCCCCCCCCCCCCCCCCC(=O)NC(COC1OC(CO)C(OC2OC(CO)C(OC3OC(CO)C(O)C(O)C3O)C(O)C2O)C(O)C1O)C(O)CCCCCCCCCCCCCCCCCCCCCCCC. The zero-order valence-corrected chi connectivity index (χ0v) is 67.4. The number of carbonyl (C=O) groups is 1. The number of rotatable bonds is 73. The summed E-state index contributed by atoms with van der Waals surface area (Å²) < 4.78 is 34.6. The molecule has 0 spiro atoms. The van der Waals surface area contributed by atoms with Gasteiger partial charge in [-0.1, -0.05) is 366 Å². The molecular weight excluding hydrogens is 1350 g/mol. The zero-order chi connectivity index (χ0) is 76.7. The Morgan fingerprint density at radius 2 is 0.623 bits per heavy atom. The molecule has 0 bridgehead atoms. The fraction of sp³-hybridized carbons (Fsp3) is 0.943. The highest BCUT2D eigenvalue weighted by Crippen LogP contribution is 2.34. The van der Waals surface area contributed by atoms with Gasteiger partial charge in [0.25, 0.3) is 0 Å². The van der Waals surface area contributed by atoms with Crippen molar-refractivity contribution >= 4 is 5.91 Å². The van der Waals surface area contributed by atoms with E-state index in [-0.39, 0.29) is 18.9 Å². The molecule has 19 heteroatoms. The lowest BCUT2D eigenvalue weighted by molar-refractivity contribution is -0.379. The highest BCUT2D eigenvalue weighted by molar-refractivity contribution is 5.76. The summed E-state index contributed by atoms with van der Waals surface area (Å²) in [7, 11) is 0. The van der Waals surface area contributed by atoms with Crippen molar-refractivity contribution in [2.45, 2.75) is 497 Å². The van der Waals surface area contributed by atoms with E-state index < -0.39 is 124 Å². The molecule has 19 nitrogen and oxygen atoms in total. The quantitative estimate of drug-likeness (QED) is 0.0199. The first-order valence-corrected chi connectivity index (χ1v) is 44.6. The lowest BCUT2D eigenvalue weighted by atomic mass is 9.96. The Morgan fingerprint density at radius 1 is 0.340 bits per heavy atom. The summed E-state index contributed by atoms with van der Waals surface area (Å²) in [5.41, 5.74) is 0. The van der Waals surface area contributed by atoms with Gasteiger partial charge in [-0.15, -0.1) is 0 Å². The van der Waals surface area contributed by atoms with Gasteiger partial charge in [0, 0.05) is 6.42 Å². The number of hydrogen-bond donors (Lipinski definition) is 12. The van der Waals surface area contributed by atoms with Crippen LogP contribution in [-0.4, -0.2) is 193 Å². The Kier molecular flexibility index (Phi) is 62.9. The molecule has 3 aliphatic heterocycles. The highest BCUT2D eigenvalue weighted by Gasteiger charge is 2.54. The molecule has 0 saturated carbocycles. The maximum absolute atomic E-state index is 13.5. The van der Waals surface area contributed by atoms with Gasteiger partial charge in [0.15, 0.2) is 18.9 Å². The van der Waals surface area contributed by atoms with E-state index >= 15 is 0 Å². The first kappa shape index (κ1) is 98.5. The molecule has 0 aromatic rings. The fourth-order valence-electron chi connectivity index (χ4n) is 15.4. The van der Waals surface area contributed by atoms with Crippen LogP contribution in [0.2, 0.25) is 0 Å². The van der Waals surface area contributed by atoms with E-state index in [1.54, 1.807) is 0 Å². The number of ether oxygens (including phenoxy) is 6. The fourth-order valence-corrected chi connectivity index (χ4v) is 15.4. The molecule has 3 aliphatic rings.